The van der Waals surface area contributed by atoms with Gasteiger partial charge in [0.2, 0.25) is 0 Å². The first-order valence-electron chi connectivity index (χ1n) is 9.44. The van der Waals surface area contributed by atoms with Crippen molar-refractivity contribution in [1.29, 1.82) is 0 Å². The van der Waals surface area contributed by atoms with E-state index in [4.69, 9.17) is 9.47 Å². The summed E-state index contributed by atoms with van der Waals surface area (Å²) >= 11 is 0. The molecule has 0 radical (unpaired) electrons. The van der Waals surface area contributed by atoms with Gasteiger partial charge in [-0.1, -0.05) is 19.3 Å². The van der Waals surface area contributed by atoms with E-state index in [0.29, 0.717) is 24.4 Å². The minimum Gasteiger partial charge on any atom is -0.462 e. The number of rotatable bonds is 5. The Hall–Kier alpha value is -1.55. The molecular formula is C20H29NO3. The van der Waals surface area contributed by atoms with Gasteiger partial charge >= 0.3 is 5.97 Å². The van der Waals surface area contributed by atoms with Crippen LogP contribution in [0.15, 0.2) is 24.3 Å². The summed E-state index contributed by atoms with van der Waals surface area (Å²) in [7, 11) is 0. The third-order valence-corrected chi connectivity index (χ3v) is 5.12. The van der Waals surface area contributed by atoms with Crippen molar-refractivity contribution in [3.63, 3.8) is 0 Å². The van der Waals surface area contributed by atoms with E-state index >= 15 is 0 Å². The number of hydrogen-bond acceptors (Lipinski definition) is 4. The van der Waals surface area contributed by atoms with E-state index in [-0.39, 0.29) is 5.97 Å². The van der Waals surface area contributed by atoms with Gasteiger partial charge in [0.25, 0.3) is 0 Å². The topological polar surface area (TPSA) is 38.8 Å². The second-order valence-corrected chi connectivity index (χ2v) is 6.85. The zero-order valence-electron chi connectivity index (χ0n) is 14.7. The predicted octanol–water partition coefficient (Wildman–Crippen LogP) is 4.18. The minimum absolute atomic E-state index is 0.247. The molecular weight excluding hydrogens is 302 g/mol. The quantitative estimate of drug-likeness (QED) is 0.759. The third-order valence-electron chi connectivity index (χ3n) is 5.12. The van der Waals surface area contributed by atoms with Crippen LogP contribution in [-0.4, -0.2) is 37.9 Å². The highest BCUT2D eigenvalue weighted by molar-refractivity contribution is 5.89. The fourth-order valence-electron chi connectivity index (χ4n) is 3.75. The molecule has 0 N–H and O–H groups in total. The zero-order valence-corrected chi connectivity index (χ0v) is 14.7. The SMILES string of the molecule is CCOC(=O)c1ccc(N2CCC(OC3CCCCC3)CC2)cc1. The number of anilines is 1. The lowest BCUT2D eigenvalue weighted by Gasteiger charge is -2.36. The van der Waals surface area contributed by atoms with Crippen molar-refractivity contribution in [3.05, 3.63) is 29.8 Å². The first kappa shape index (κ1) is 17.3. The number of nitrogens with zero attached hydrogens (tertiary/aromatic N) is 1. The predicted molar refractivity (Wildman–Crippen MR) is 95.6 cm³/mol. The van der Waals surface area contributed by atoms with E-state index in [0.717, 1.165) is 25.9 Å². The summed E-state index contributed by atoms with van der Waals surface area (Å²) in [5.74, 6) is -0.247. The average molecular weight is 331 g/mol. The number of benzene rings is 1. The molecule has 0 atom stereocenters. The van der Waals surface area contributed by atoms with Gasteiger partial charge in [-0.15, -0.1) is 0 Å². The second kappa shape index (κ2) is 8.52. The standard InChI is InChI=1S/C20H29NO3/c1-2-23-20(22)16-8-10-17(11-9-16)21-14-12-19(13-15-21)24-18-6-4-3-5-7-18/h8-11,18-19H,2-7,12-15H2,1H3. The van der Waals surface area contributed by atoms with Crippen LogP contribution < -0.4 is 4.90 Å². The van der Waals surface area contributed by atoms with Crippen LogP contribution in [0, 0.1) is 0 Å². The third kappa shape index (κ3) is 4.50. The van der Waals surface area contributed by atoms with Crippen LogP contribution in [0.2, 0.25) is 0 Å². The Morgan fingerprint density at radius 2 is 1.62 bits per heavy atom. The minimum atomic E-state index is -0.247. The second-order valence-electron chi connectivity index (χ2n) is 6.85. The molecule has 0 aromatic heterocycles. The first-order valence-corrected chi connectivity index (χ1v) is 9.44. The maximum absolute atomic E-state index is 11.7. The van der Waals surface area contributed by atoms with Crippen molar-refractivity contribution in [2.75, 3.05) is 24.6 Å². The van der Waals surface area contributed by atoms with E-state index in [2.05, 4.69) is 4.90 Å². The van der Waals surface area contributed by atoms with Crippen molar-refractivity contribution in [2.24, 2.45) is 0 Å². The van der Waals surface area contributed by atoms with E-state index in [1.807, 2.05) is 31.2 Å². The Labute approximate surface area is 145 Å². The van der Waals surface area contributed by atoms with Crippen LogP contribution in [0.4, 0.5) is 5.69 Å². The summed E-state index contributed by atoms with van der Waals surface area (Å²) in [5.41, 5.74) is 1.80. The van der Waals surface area contributed by atoms with Crippen LogP contribution in [-0.2, 0) is 9.47 Å². The highest BCUT2D eigenvalue weighted by atomic mass is 16.5. The summed E-state index contributed by atoms with van der Waals surface area (Å²) < 4.78 is 11.3. The summed E-state index contributed by atoms with van der Waals surface area (Å²) in [5, 5.41) is 0. The Morgan fingerprint density at radius 3 is 2.25 bits per heavy atom. The maximum Gasteiger partial charge on any atom is 0.338 e. The lowest BCUT2D eigenvalue weighted by atomic mass is 9.97. The first-order chi connectivity index (χ1) is 11.8. The normalized spacial score (nSPS) is 20.1. The number of ether oxygens (including phenoxy) is 2. The molecule has 1 aliphatic heterocycles. The van der Waals surface area contributed by atoms with Crippen LogP contribution >= 0.6 is 0 Å². The van der Waals surface area contributed by atoms with Gasteiger partial charge in [0.1, 0.15) is 0 Å². The van der Waals surface area contributed by atoms with Crippen LogP contribution in [0.5, 0.6) is 0 Å². The molecule has 2 aliphatic rings. The fraction of sp³-hybridized carbons (Fsp3) is 0.650. The fourth-order valence-corrected chi connectivity index (χ4v) is 3.75. The summed E-state index contributed by atoms with van der Waals surface area (Å²) in [4.78, 5) is 14.1. The molecule has 4 heteroatoms. The Balaban J connectivity index is 1.48. The van der Waals surface area contributed by atoms with Crippen molar-refractivity contribution in [3.8, 4) is 0 Å². The van der Waals surface area contributed by atoms with Gasteiger partial charge in [0.05, 0.1) is 24.4 Å². The molecule has 0 bridgehead atoms. The van der Waals surface area contributed by atoms with Gasteiger partial charge < -0.3 is 14.4 Å². The number of piperidine rings is 1. The Morgan fingerprint density at radius 1 is 1.00 bits per heavy atom. The molecule has 1 aromatic rings. The van der Waals surface area contributed by atoms with Gasteiger partial charge in [-0.05, 0) is 56.9 Å². The monoisotopic (exact) mass is 331 g/mol. The number of carbonyl (C=O) groups is 1. The van der Waals surface area contributed by atoms with E-state index in [9.17, 15) is 4.79 Å². The molecule has 0 amide bonds. The molecule has 132 valence electrons. The zero-order chi connectivity index (χ0) is 16.8. The number of hydrogen-bond donors (Lipinski definition) is 0. The van der Waals surface area contributed by atoms with Gasteiger partial charge in [-0.3, -0.25) is 0 Å². The number of esters is 1. The molecule has 24 heavy (non-hydrogen) atoms. The molecule has 1 saturated carbocycles. The lowest BCUT2D eigenvalue weighted by Crippen LogP contribution is -2.38. The molecule has 1 saturated heterocycles. The van der Waals surface area contributed by atoms with Crippen LogP contribution in [0.25, 0.3) is 0 Å². The van der Waals surface area contributed by atoms with Crippen LogP contribution in [0.3, 0.4) is 0 Å². The van der Waals surface area contributed by atoms with Crippen LogP contribution in [0.1, 0.15) is 62.2 Å². The molecule has 0 spiro atoms. The van der Waals surface area contributed by atoms with Crippen molar-refractivity contribution >= 4 is 11.7 Å². The van der Waals surface area contributed by atoms with Crippen molar-refractivity contribution in [1.82, 2.24) is 0 Å². The van der Waals surface area contributed by atoms with E-state index in [1.165, 1.54) is 37.8 Å². The van der Waals surface area contributed by atoms with Gasteiger partial charge in [0.15, 0.2) is 0 Å². The molecule has 1 aromatic carbocycles. The maximum atomic E-state index is 11.7. The Bertz CT molecular complexity index is 514. The van der Waals surface area contributed by atoms with Crippen molar-refractivity contribution < 1.29 is 14.3 Å². The average Bonchev–Trinajstić information content (AvgIpc) is 2.64. The summed E-state index contributed by atoms with van der Waals surface area (Å²) in [6.45, 7) is 4.28. The van der Waals surface area contributed by atoms with Gasteiger partial charge in [-0.2, -0.15) is 0 Å². The molecule has 2 fully saturated rings. The highest BCUT2D eigenvalue weighted by Crippen LogP contribution is 2.26. The van der Waals surface area contributed by atoms with Crippen molar-refractivity contribution in [2.45, 2.75) is 64.1 Å². The molecule has 3 rings (SSSR count). The van der Waals surface area contributed by atoms with Gasteiger partial charge in [0, 0.05) is 18.8 Å². The molecule has 0 unspecified atom stereocenters. The number of carbonyl (C=O) groups excluding carboxylic acids is 1. The highest BCUT2D eigenvalue weighted by Gasteiger charge is 2.24. The summed E-state index contributed by atoms with van der Waals surface area (Å²) in [6, 6.07) is 7.76. The molecule has 1 aliphatic carbocycles. The summed E-state index contributed by atoms with van der Waals surface area (Å²) in [6.07, 6.45) is 9.63. The van der Waals surface area contributed by atoms with Gasteiger partial charge in [-0.25, -0.2) is 4.79 Å². The smallest absolute Gasteiger partial charge is 0.338 e. The van der Waals surface area contributed by atoms with E-state index in [1.54, 1.807) is 0 Å². The molecule has 1 heterocycles. The Kier molecular flexibility index (Phi) is 6.13. The molecule has 4 nitrogen and oxygen atoms in total. The largest absolute Gasteiger partial charge is 0.462 e. The lowest BCUT2D eigenvalue weighted by molar-refractivity contribution is -0.0395. The van der Waals surface area contributed by atoms with E-state index < -0.39 is 0 Å².